The first-order valence-electron chi connectivity index (χ1n) is 9.31. The molecule has 7 heteroatoms. The van der Waals surface area contributed by atoms with Crippen LogP contribution in [0.2, 0.25) is 0 Å². The minimum atomic E-state index is -1.70. The predicted molar refractivity (Wildman–Crippen MR) is 89.6 cm³/mol. The van der Waals surface area contributed by atoms with E-state index >= 15 is 0 Å². The van der Waals surface area contributed by atoms with Crippen molar-refractivity contribution in [1.82, 2.24) is 4.90 Å². The van der Waals surface area contributed by atoms with Crippen molar-refractivity contribution in [2.45, 2.75) is 50.9 Å². The Kier molecular flexibility index (Phi) is 5.83. The van der Waals surface area contributed by atoms with Crippen LogP contribution in [0, 0.1) is 23.2 Å². The van der Waals surface area contributed by atoms with Crippen molar-refractivity contribution >= 4 is 11.8 Å². The van der Waals surface area contributed by atoms with Crippen molar-refractivity contribution in [3.8, 4) is 0 Å². The molecule has 2 N–H and O–H groups in total. The number of nitrogens with zero attached hydrogens (tertiary/aromatic N) is 1. The molecular weight excluding hydrogens is 524 g/mol. The number of aliphatic hydroxyl groups is 2. The van der Waals surface area contributed by atoms with Crippen molar-refractivity contribution in [3.63, 3.8) is 0 Å². The van der Waals surface area contributed by atoms with Crippen molar-refractivity contribution in [3.05, 3.63) is 35.4 Å². The second-order valence-corrected chi connectivity index (χ2v) is 8.66. The standard InChI is InChI=1S/C20H23NO4.2Rh/c22-17-14-3-1-2-4-15(14)18(23)21(17)16(19(24)25)20-8-11-5-12(9-20)7-13(6-11)10-20;;/h1-4,11-13,16,19,24-25H,5-10H2;;/t11?,12?,13?,16-,20?;;/m0../s1. The second kappa shape index (κ2) is 7.41. The van der Waals surface area contributed by atoms with Gasteiger partial charge in [-0.3, -0.25) is 14.5 Å². The van der Waals surface area contributed by atoms with Gasteiger partial charge in [0.2, 0.25) is 0 Å². The Balaban J connectivity index is 0.00000105. The number of aliphatic hydroxyl groups excluding tert-OH is 1. The van der Waals surface area contributed by atoms with E-state index in [4.69, 9.17) is 0 Å². The number of imide groups is 1. The number of carbonyl (C=O) groups excluding carboxylic acids is 2. The number of hydrogen-bond acceptors (Lipinski definition) is 4. The van der Waals surface area contributed by atoms with Crippen LogP contribution in [0.5, 0.6) is 0 Å². The largest absolute Gasteiger partial charge is 0.366 e. The van der Waals surface area contributed by atoms with Gasteiger partial charge in [0, 0.05) is 39.0 Å². The molecule has 4 aliphatic carbocycles. The Hall–Kier alpha value is -0.473. The molecule has 0 saturated heterocycles. The Morgan fingerprint density at radius 1 is 0.852 bits per heavy atom. The van der Waals surface area contributed by atoms with E-state index in [9.17, 15) is 19.8 Å². The molecule has 0 unspecified atom stereocenters. The van der Waals surface area contributed by atoms with Gasteiger partial charge in [-0.05, 0) is 73.8 Å². The zero-order valence-electron chi connectivity index (χ0n) is 14.8. The molecule has 5 aliphatic rings. The van der Waals surface area contributed by atoms with Crippen molar-refractivity contribution in [1.29, 1.82) is 0 Å². The zero-order valence-corrected chi connectivity index (χ0v) is 18.0. The number of amides is 2. The van der Waals surface area contributed by atoms with E-state index in [0.717, 1.165) is 19.3 Å². The van der Waals surface area contributed by atoms with Gasteiger partial charge in [0.1, 0.15) is 0 Å². The molecule has 150 valence electrons. The van der Waals surface area contributed by atoms with Gasteiger partial charge < -0.3 is 10.2 Å². The van der Waals surface area contributed by atoms with Crippen molar-refractivity contribution in [2.75, 3.05) is 0 Å². The molecule has 1 aromatic rings. The molecule has 4 fully saturated rings. The Morgan fingerprint density at radius 2 is 1.26 bits per heavy atom. The molecule has 2 radical (unpaired) electrons. The number of benzene rings is 1. The molecular formula is C20H23NO4Rh2. The quantitative estimate of drug-likeness (QED) is 0.346. The normalized spacial score (nSPS) is 34.3. The average molecular weight is 547 g/mol. The maximum absolute atomic E-state index is 12.9. The van der Waals surface area contributed by atoms with Gasteiger partial charge in [0.15, 0.2) is 6.29 Å². The van der Waals surface area contributed by atoms with Gasteiger partial charge in [-0.15, -0.1) is 0 Å². The molecule has 2 amide bonds. The third-order valence-corrected chi connectivity index (χ3v) is 7.10. The first kappa shape index (κ1) is 21.2. The van der Waals surface area contributed by atoms with Crippen LogP contribution < -0.4 is 0 Å². The summed E-state index contributed by atoms with van der Waals surface area (Å²) < 4.78 is 0. The maximum atomic E-state index is 12.9. The van der Waals surface area contributed by atoms with Gasteiger partial charge >= 0.3 is 0 Å². The summed E-state index contributed by atoms with van der Waals surface area (Å²) >= 11 is 0. The smallest absolute Gasteiger partial charge is 0.262 e. The topological polar surface area (TPSA) is 77.8 Å². The average Bonchev–Trinajstić information content (AvgIpc) is 2.79. The number of rotatable bonds is 3. The first-order valence-corrected chi connectivity index (χ1v) is 9.31. The van der Waals surface area contributed by atoms with Crippen LogP contribution in [0.25, 0.3) is 0 Å². The summed E-state index contributed by atoms with van der Waals surface area (Å²) in [7, 11) is 0. The molecule has 1 aromatic carbocycles. The van der Waals surface area contributed by atoms with E-state index in [1.165, 1.54) is 24.2 Å². The van der Waals surface area contributed by atoms with E-state index in [1.54, 1.807) is 24.3 Å². The molecule has 0 spiro atoms. The number of carbonyl (C=O) groups is 2. The molecule has 27 heavy (non-hydrogen) atoms. The van der Waals surface area contributed by atoms with E-state index < -0.39 is 12.3 Å². The van der Waals surface area contributed by atoms with Gasteiger partial charge in [0.05, 0.1) is 17.2 Å². The number of hydrogen-bond donors (Lipinski definition) is 2. The summed E-state index contributed by atoms with van der Waals surface area (Å²) in [6.45, 7) is 0. The summed E-state index contributed by atoms with van der Waals surface area (Å²) in [6.07, 6.45) is 4.65. The van der Waals surface area contributed by atoms with Gasteiger partial charge in [-0.1, -0.05) is 12.1 Å². The maximum Gasteiger partial charge on any atom is 0.262 e. The summed E-state index contributed by atoms with van der Waals surface area (Å²) in [5.74, 6) is 1.04. The van der Waals surface area contributed by atoms with E-state index in [0.29, 0.717) is 28.9 Å². The molecule has 0 aromatic heterocycles. The third kappa shape index (κ3) is 3.10. The first-order chi connectivity index (χ1) is 12.0. The fourth-order valence-electron chi connectivity index (χ4n) is 6.72. The van der Waals surface area contributed by atoms with Crippen LogP contribution in [-0.2, 0) is 39.0 Å². The van der Waals surface area contributed by atoms with Gasteiger partial charge in [-0.25, -0.2) is 0 Å². The Bertz CT molecular complexity index is 696. The van der Waals surface area contributed by atoms with Crippen LogP contribution >= 0.6 is 0 Å². The van der Waals surface area contributed by atoms with Crippen LogP contribution in [0.3, 0.4) is 0 Å². The molecule has 6 rings (SSSR count). The SMILES string of the molecule is O=C1c2ccccc2C(=O)N1[C@@H](C(O)O)C12CC3CC(CC(C3)C1)C2.[Rh].[Rh]. The van der Waals surface area contributed by atoms with Crippen LogP contribution in [0.15, 0.2) is 24.3 Å². The summed E-state index contributed by atoms with van der Waals surface area (Å²) in [4.78, 5) is 27.0. The summed E-state index contributed by atoms with van der Waals surface area (Å²) in [5, 5.41) is 20.5. The molecule has 1 heterocycles. The van der Waals surface area contributed by atoms with E-state index in [1.807, 2.05) is 0 Å². The van der Waals surface area contributed by atoms with Crippen LogP contribution in [0.1, 0.15) is 59.2 Å². The molecule has 1 atom stereocenters. The summed E-state index contributed by atoms with van der Waals surface area (Å²) in [5.41, 5.74) is 0.418. The van der Waals surface area contributed by atoms with Crippen molar-refractivity contribution in [2.24, 2.45) is 23.2 Å². The second-order valence-electron chi connectivity index (χ2n) is 8.66. The van der Waals surface area contributed by atoms with Crippen LogP contribution in [-0.4, -0.2) is 39.3 Å². The summed E-state index contributed by atoms with van der Waals surface area (Å²) in [6, 6.07) is 5.94. The fourth-order valence-corrected chi connectivity index (χ4v) is 6.72. The minimum absolute atomic E-state index is 0. The van der Waals surface area contributed by atoms with Crippen LogP contribution in [0.4, 0.5) is 0 Å². The van der Waals surface area contributed by atoms with E-state index in [-0.39, 0.29) is 56.2 Å². The molecule has 4 saturated carbocycles. The Morgan fingerprint density at radius 3 is 1.63 bits per heavy atom. The van der Waals surface area contributed by atoms with Crippen molar-refractivity contribution < 1.29 is 58.8 Å². The monoisotopic (exact) mass is 547 g/mol. The Labute approximate surface area is 184 Å². The molecule has 4 bridgehead atoms. The zero-order chi connectivity index (χ0) is 17.3. The molecule has 1 aliphatic heterocycles. The molecule has 5 nitrogen and oxygen atoms in total. The van der Waals surface area contributed by atoms with Gasteiger partial charge in [-0.2, -0.15) is 0 Å². The van der Waals surface area contributed by atoms with E-state index in [2.05, 4.69) is 0 Å². The van der Waals surface area contributed by atoms with Gasteiger partial charge in [0.25, 0.3) is 11.8 Å². The third-order valence-electron chi connectivity index (χ3n) is 7.10. The minimum Gasteiger partial charge on any atom is -0.366 e. The predicted octanol–water partition coefficient (Wildman–Crippen LogP) is 2.17. The fraction of sp³-hybridized carbons (Fsp3) is 0.600. The number of fused-ring (bicyclic) bond motifs is 1.